The van der Waals surface area contributed by atoms with Crippen LogP contribution in [0.3, 0.4) is 0 Å². The van der Waals surface area contributed by atoms with Gasteiger partial charge in [0.1, 0.15) is 5.75 Å². The highest BCUT2D eigenvalue weighted by atomic mass is 79.9. The maximum absolute atomic E-state index is 6.14. The molecule has 0 unspecified atom stereocenters. The molecule has 0 amide bonds. The number of hydrogen-bond acceptors (Lipinski definition) is 2. The van der Waals surface area contributed by atoms with Gasteiger partial charge in [0, 0.05) is 16.0 Å². The van der Waals surface area contributed by atoms with E-state index in [0.29, 0.717) is 0 Å². The zero-order valence-electron chi connectivity index (χ0n) is 14.7. The summed E-state index contributed by atoms with van der Waals surface area (Å²) < 4.78 is 6.49. The van der Waals surface area contributed by atoms with Crippen molar-refractivity contribution in [3.05, 3.63) is 63.1 Å². The molecule has 0 saturated carbocycles. The van der Waals surface area contributed by atoms with Gasteiger partial charge in [0.2, 0.25) is 0 Å². The molecule has 1 fully saturated rings. The summed E-state index contributed by atoms with van der Waals surface area (Å²) >= 11 is 9.79. The topological polar surface area (TPSA) is 12.5 Å². The van der Waals surface area contributed by atoms with Gasteiger partial charge in [-0.15, -0.1) is 0 Å². The Kier molecular flexibility index (Phi) is 6.80. The van der Waals surface area contributed by atoms with Gasteiger partial charge in [-0.05, 0) is 86.1 Å². The second-order valence-electron chi connectivity index (χ2n) is 6.83. The number of hydrogen-bond donors (Lipinski definition) is 0. The van der Waals surface area contributed by atoms with Crippen LogP contribution in [0.25, 0.3) is 0 Å². The van der Waals surface area contributed by atoms with Crippen molar-refractivity contribution in [3.63, 3.8) is 0 Å². The molecule has 2 aromatic rings. The first-order chi connectivity index (χ1) is 12.1. The van der Waals surface area contributed by atoms with E-state index in [-0.39, 0.29) is 0 Å². The lowest BCUT2D eigenvalue weighted by atomic mass is 9.90. The standard InChI is InChI=1S/C21H25BrClNO/c1-25-20-4-2-3-16(14-20)7-10-24-11-8-17(9-12-24)13-18-15-19(23)5-6-21(18)22/h2-6,14-15,17H,7-13H2,1H3. The fourth-order valence-electron chi connectivity index (χ4n) is 3.54. The molecular weight excluding hydrogens is 398 g/mol. The summed E-state index contributed by atoms with van der Waals surface area (Å²) in [5, 5.41) is 0.828. The largest absolute Gasteiger partial charge is 0.497 e. The van der Waals surface area contributed by atoms with Crippen LogP contribution in [0.15, 0.2) is 46.9 Å². The van der Waals surface area contributed by atoms with E-state index in [0.717, 1.165) is 36.1 Å². The Bertz CT molecular complexity index is 698. The molecule has 1 aliphatic rings. The molecule has 0 aliphatic carbocycles. The number of methoxy groups -OCH3 is 1. The highest BCUT2D eigenvalue weighted by Crippen LogP contribution is 2.28. The van der Waals surface area contributed by atoms with Crippen LogP contribution < -0.4 is 4.74 Å². The van der Waals surface area contributed by atoms with Crippen molar-refractivity contribution in [2.24, 2.45) is 5.92 Å². The third-order valence-electron chi connectivity index (χ3n) is 5.07. The normalized spacial score (nSPS) is 16.1. The number of likely N-dealkylation sites (tertiary alicyclic amines) is 1. The Labute approximate surface area is 164 Å². The monoisotopic (exact) mass is 421 g/mol. The van der Waals surface area contributed by atoms with Gasteiger partial charge < -0.3 is 9.64 Å². The molecule has 0 aromatic heterocycles. The first-order valence-corrected chi connectivity index (χ1v) is 10.1. The Morgan fingerprint density at radius 3 is 2.72 bits per heavy atom. The van der Waals surface area contributed by atoms with Crippen molar-refractivity contribution < 1.29 is 4.74 Å². The van der Waals surface area contributed by atoms with Gasteiger partial charge in [-0.2, -0.15) is 0 Å². The third kappa shape index (κ3) is 5.47. The fraction of sp³-hybridized carbons (Fsp3) is 0.429. The molecule has 0 atom stereocenters. The maximum Gasteiger partial charge on any atom is 0.119 e. The zero-order chi connectivity index (χ0) is 17.6. The van der Waals surface area contributed by atoms with Crippen LogP contribution in [-0.2, 0) is 12.8 Å². The van der Waals surface area contributed by atoms with Crippen LogP contribution in [0.4, 0.5) is 0 Å². The Morgan fingerprint density at radius 2 is 1.96 bits per heavy atom. The highest BCUT2D eigenvalue weighted by Gasteiger charge is 2.20. The summed E-state index contributed by atoms with van der Waals surface area (Å²) in [7, 11) is 1.72. The van der Waals surface area contributed by atoms with E-state index in [1.165, 1.54) is 41.5 Å². The van der Waals surface area contributed by atoms with Gasteiger partial charge in [0.25, 0.3) is 0 Å². The minimum Gasteiger partial charge on any atom is -0.497 e. The number of nitrogens with zero attached hydrogens (tertiary/aromatic N) is 1. The van der Waals surface area contributed by atoms with Crippen LogP contribution in [0.5, 0.6) is 5.75 Å². The molecule has 1 heterocycles. The molecule has 0 spiro atoms. The Hall–Kier alpha value is -1.03. The van der Waals surface area contributed by atoms with Crippen LogP contribution in [0.2, 0.25) is 5.02 Å². The lowest BCUT2D eigenvalue weighted by Crippen LogP contribution is -2.35. The predicted octanol–water partition coefficient (Wildman–Crippen LogP) is 5.61. The van der Waals surface area contributed by atoms with Crippen LogP contribution in [0.1, 0.15) is 24.0 Å². The van der Waals surface area contributed by atoms with Gasteiger partial charge in [-0.25, -0.2) is 0 Å². The molecular formula is C21H25BrClNO. The molecule has 2 nitrogen and oxygen atoms in total. The molecule has 1 saturated heterocycles. The van der Waals surface area contributed by atoms with Crippen molar-refractivity contribution in [2.45, 2.75) is 25.7 Å². The molecule has 3 rings (SSSR count). The van der Waals surface area contributed by atoms with Gasteiger partial charge in [-0.3, -0.25) is 0 Å². The minimum absolute atomic E-state index is 0.753. The van der Waals surface area contributed by atoms with Gasteiger partial charge in [0.05, 0.1) is 7.11 Å². The smallest absolute Gasteiger partial charge is 0.119 e. The van der Waals surface area contributed by atoms with E-state index in [2.05, 4.69) is 51.2 Å². The Balaban J connectivity index is 1.46. The SMILES string of the molecule is COc1cccc(CCN2CCC(Cc3cc(Cl)ccc3Br)CC2)c1. The van der Waals surface area contributed by atoms with E-state index >= 15 is 0 Å². The van der Waals surface area contributed by atoms with Crippen molar-refractivity contribution in [2.75, 3.05) is 26.7 Å². The molecule has 4 heteroatoms. The van der Waals surface area contributed by atoms with Gasteiger partial charge in [0.15, 0.2) is 0 Å². The number of piperidine rings is 1. The lowest BCUT2D eigenvalue weighted by Gasteiger charge is -2.32. The number of rotatable bonds is 6. The molecule has 134 valence electrons. The van der Waals surface area contributed by atoms with E-state index in [1.807, 2.05) is 12.1 Å². The maximum atomic E-state index is 6.14. The van der Waals surface area contributed by atoms with E-state index in [9.17, 15) is 0 Å². The average Bonchev–Trinajstić information content (AvgIpc) is 2.64. The van der Waals surface area contributed by atoms with E-state index < -0.39 is 0 Å². The second kappa shape index (κ2) is 9.07. The van der Waals surface area contributed by atoms with Crippen LogP contribution in [0, 0.1) is 5.92 Å². The van der Waals surface area contributed by atoms with Crippen molar-refractivity contribution in [1.82, 2.24) is 4.90 Å². The molecule has 0 N–H and O–H groups in total. The number of ether oxygens (including phenoxy) is 1. The van der Waals surface area contributed by atoms with Crippen molar-refractivity contribution in [3.8, 4) is 5.75 Å². The minimum atomic E-state index is 0.753. The highest BCUT2D eigenvalue weighted by molar-refractivity contribution is 9.10. The number of benzene rings is 2. The average molecular weight is 423 g/mol. The zero-order valence-corrected chi connectivity index (χ0v) is 17.0. The first kappa shape index (κ1) is 18.8. The summed E-state index contributed by atoms with van der Waals surface area (Å²) in [6.07, 6.45) is 4.72. The van der Waals surface area contributed by atoms with Crippen molar-refractivity contribution >= 4 is 27.5 Å². The van der Waals surface area contributed by atoms with Crippen molar-refractivity contribution in [1.29, 1.82) is 0 Å². The summed E-state index contributed by atoms with van der Waals surface area (Å²) in [5.74, 6) is 1.70. The molecule has 2 aromatic carbocycles. The summed E-state index contributed by atoms with van der Waals surface area (Å²) in [4.78, 5) is 2.59. The lowest BCUT2D eigenvalue weighted by molar-refractivity contribution is 0.186. The first-order valence-electron chi connectivity index (χ1n) is 8.93. The van der Waals surface area contributed by atoms with Gasteiger partial charge >= 0.3 is 0 Å². The molecule has 1 aliphatic heterocycles. The quantitative estimate of drug-likeness (QED) is 0.600. The predicted molar refractivity (Wildman–Crippen MR) is 109 cm³/mol. The van der Waals surface area contributed by atoms with Crippen LogP contribution >= 0.6 is 27.5 Å². The fourth-order valence-corrected chi connectivity index (χ4v) is 4.14. The summed E-state index contributed by atoms with van der Waals surface area (Å²) in [5.41, 5.74) is 2.69. The van der Waals surface area contributed by atoms with E-state index in [1.54, 1.807) is 7.11 Å². The molecule has 0 radical (unpaired) electrons. The van der Waals surface area contributed by atoms with E-state index in [4.69, 9.17) is 16.3 Å². The summed E-state index contributed by atoms with van der Waals surface area (Å²) in [6.45, 7) is 3.50. The molecule has 0 bridgehead atoms. The Morgan fingerprint density at radius 1 is 1.16 bits per heavy atom. The summed E-state index contributed by atoms with van der Waals surface area (Å²) in [6, 6.07) is 14.5. The van der Waals surface area contributed by atoms with Gasteiger partial charge in [-0.1, -0.05) is 39.7 Å². The second-order valence-corrected chi connectivity index (χ2v) is 8.12. The third-order valence-corrected chi connectivity index (χ3v) is 6.08. The number of halogens is 2. The van der Waals surface area contributed by atoms with Crippen LogP contribution in [-0.4, -0.2) is 31.6 Å². The molecule has 25 heavy (non-hydrogen) atoms.